The van der Waals surface area contributed by atoms with Crippen LogP contribution in [0.2, 0.25) is 0 Å². The number of ether oxygens (including phenoxy) is 2. The fourth-order valence-corrected chi connectivity index (χ4v) is 1.84. The third-order valence-corrected chi connectivity index (χ3v) is 3.07. The largest absolute Gasteiger partial charge is 0.394 e. The molecule has 2 unspecified atom stereocenters. The third-order valence-electron chi connectivity index (χ3n) is 3.07. The zero-order valence-corrected chi connectivity index (χ0v) is 11.1. The first kappa shape index (κ1) is 15.8. The molecule has 0 spiro atoms. The summed E-state index contributed by atoms with van der Waals surface area (Å²) < 4.78 is 9.65. The van der Waals surface area contributed by atoms with Crippen molar-refractivity contribution in [2.24, 2.45) is 20.0 Å². The zero-order chi connectivity index (χ0) is 15.5. The molecule has 0 aromatic rings. The molecule has 0 saturated carbocycles. The quantitative estimate of drug-likeness (QED) is 0.436. The normalized spacial score (nSPS) is 39.8. The summed E-state index contributed by atoms with van der Waals surface area (Å²) in [6.07, 6.45) is -0.338. The highest BCUT2D eigenvalue weighted by molar-refractivity contribution is 6.16. The molecule has 3 rings (SSSR count). The number of aliphatic hydroxyl groups is 4. The van der Waals surface area contributed by atoms with E-state index in [-0.39, 0.29) is 0 Å². The number of hydrogen-bond donors (Lipinski definition) is 4. The van der Waals surface area contributed by atoms with Gasteiger partial charge in [0, 0.05) is 7.11 Å². The highest BCUT2D eigenvalue weighted by atomic mass is 16.6. The highest BCUT2D eigenvalue weighted by Crippen LogP contribution is 2.19. The number of amidine groups is 1. The van der Waals surface area contributed by atoms with E-state index < -0.39 is 36.9 Å². The molecule has 116 valence electrons. The van der Waals surface area contributed by atoms with Gasteiger partial charge in [-0.3, -0.25) is 0 Å². The van der Waals surface area contributed by atoms with Crippen LogP contribution in [0.4, 0.5) is 0 Å². The van der Waals surface area contributed by atoms with E-state index in [1.165, 1.54) is 12.7 Å². The van der Waals surface area contributed by atoms with Gasteiger partial charge < -0.3 is 29.9 Å². The summed E-state index contributed by atoms with van der Waals surface area (Å²) in [7, 11) is 1.55. The van der Waals surface area contributed by atoms with Crippen LogP contribution in [0.15, 0.2) is 20.0 Å². The van der Waals surface area contributed by atoms with Crippen LogP contribution in [-0.2, 0) is 9.47 Å². The van der Waals surface area contributed by atoms with E-state index in [0.717, 1.165) is 0 Å². The molecule has 1 saturated heterocycles. The Hall–Kier alpha value is -1.56. The molecular formula is C11H16N4O6. The van der Waals surface area contributed by atoms with Crippen molar-refractivity contribution in [1.82, 2.24) is 0 Å². The second-order valence-electron chi connectivity index (χ2n) is 4.35. The first-order chi connectivity index (χ1) is 10.0. The number of methoxy groups -OCH3 is 1. The number of fused-ring (bicyclic) bond motifs is 1. The molecule has 10 nitrogen and oxygen atoms in total. The highest BCUT2D eigenvalue weighted by Gasteiger charge is 2.41. The van der Waals surface area contributed by atoms with Gasteiger partial charge >= 0.3 is 0 Å². The van der Waals surface area contributed by atoms with Crippen LogP contribution in [0.1, 0.15) is 0 Å². The Morgan fingerprint density at radius 3 is 2.52 bits per heavy atom. The van der Waals surface area contributed by atoms with Crippen LogP contribution < -0.4 is 0 Å². The van der Waals surface area contributed by atoms with Crippen LogP contribution >= 0.6 is 0 Å². The van der Waals surface area contributed by atoms with E-state index in [1.54, 1.807) is 13.3 Å². The Labute approximate surface area is 119 Å². The van der Waals surface area contributed by atoms with Gasteiger partial charge in [0.2, 0.25) is 0 Å². The van der Waals surface area contributed by atoms with Crippen LogP contribution in [0.25, 0.3) is 0 Å². The molecule has 0 radical (unpaired) electrons. The Bertz CT molecular complexity index is 493. The van der Waals surface area contributed by atoms with Crippen molar-refractivity contribution < 1.29 is 29.9 Å². The first-order valence-electron chi connectivity index (χ1n) is 6.08. The van der Waals surface area contributed by atoms with Gasteiger partial charge in [-0.15, -0.1) is 0 Å². The first-order valence-corrected chi connectivity index (χ1v) is 6.08. The maximum atomic E-state index is 8.93. The van der Waals surface area contributed by atoms with Crippen molar-refractivity contribution >= 4 is 24.7 Å². The Kier molecular flexibility index (Phi) is 4.88. The molecule has 5 atom stereocenters. The minimum atomic E-state index is -1.38. The molecule has 3 aliphatic heterocycles. The van der Waals surface area contributed by atoms with Gasteiger partial charge in [-0.25, -0.2) is 20.0 Å². The van der Waals surface area contributed by atoms with Crippen molar-refractivity contribution in [2.75, 3.05) is 13.7 Å². The minimum absolute atomic E-state index is 0.407. The predicted octanol–water partition coefficient (Wildman–Crippen LogP) is -2.70. The van der Waals surface area contributed by atoms with Gasteiger partial charge in [0.25, 0.3) is 5.72 Å². The molecule has 4 N–H and O–H groups in total. The zero-order valence-electron chi connectivity index (χ0n) is 11.1. The summed E-state index contributed by atoms with van der Waals surface area (Å²) in [6, 6.07) is 0. The molecule has 0 aromatic carbocycles. The third kappa shape index (κ3) is 3.05. The second kappa shape index (κ2) is 6.47. The Morgan fingerprint density at radius 2 is 2.05 bits per heavy atom. The van der Waals surface area contributed by atoms with E-state index in [4.69, 9.17) is 25.2 Å². The number of aliphatic hydroxyl groups excluding tert-OH is 4. The fourth-order valence-electron chi connectivity index (χ4n) is 1.84. The molecular weight excluding hydrogens is 284 g/mol. The van der Waals surface area contributed by atoms with Crippen molar-refractivity contribution in [1.29, 1.82) is 0 Å². The lowest BCUT2D eigenvalue weighted by molar-refractivity contribution is -0.132. The van der Waals surface area contributed by atoms with Gasteiger partial charge in [-0.2, -0.15) is 0 Å². The van der Waals surface area contributed by atoms with Crippen LogP contribution in [0.3, 0.4) is 0 Å². The van der Waals surface area contributed by atoms with Crippen molar-refractivity contribution in [3.8, 4) is 0 Å². The van der Waals surface area contributed by atoms with E-state index in [9.17, 15) is 0 Å². The number of nitrogens with zero attached hydrogens (tertiary/aromatic N) is 4. The summed E-state index contributed by atoms with van der Waals surface area (Å²) in [5.74, 6) is 0.537. The topological polar surface area (TPSA) is 149 Å². The molecule has 3 aliphatic rings. The maximum Gasteiger partial charge on any atom is 0.258 e. The van der Waals surface area contributed by atoms with Crippen LogP contribution in [0, 0.1) is 0 Å². The molecule has 0 aromatic heterocycles. The lowest BCUT2D eigenvalue weighted by atomic mass is 10.1. The Morgan fingerprint density at radius 1 is 1.29 bits per heavy atom. The summed E-state index contributed by atoms with van der Waals surface area (Å²) in [4.78, 5) is 15.6. The molecule has 0 aliphatic carbocycles. The van der Waals surface area contributed by atoms with E-state index >= 15 is 0 Å². The average Bonchev–Trinajstić information content (AvgIpc) is 3.05. The summed E-state index contributed by atoms with van der Waals surface area (Å²) in [5.41, 5.74) is -0.839. The molecule has 0 amide bonds. The second-order valence-corrected chi connectivity index (χ2v) is 4.35. The smallest absolute Gasteiger partial charge is 0.258 e. The van der Waals surface area contributed by atoms with E-state index in [2.05, 4.69) is 24.7 Å². The molecule has 3 heterocycles. The number of rotatable bonds is 2. The number of hydrogen-bond acceptors (Lipinski definition) is 10. The van der Waals surface area contributed by atoms with Gasteiger partial charge in [-0.05, 0) is 0 Å². The standard InChI is InChI=1S/C6H6N4O.C5H10O5/c1-11-6-2-7-3-8-5(6)9-4-10-6;6-1-2-3(7)4(8)5(9)10-2/h2-4H,1H3;2-9H,1H2/t;2-,3-,4+,5?/m.1/s1. The lowest BCUT2D eigenvalue weighted by Crippen LogP contribution is -2.39. The van der Waals surface area contributed by atoms with Gasteiger partial charge in [0.15, 0.2) is 12.1 Å². The summed E-state index contributed by atoms with van der Waals surface area (Å²) in [5, 5.41) is 35.0. The molecule has 10 heteroatoms. The molecule has 0 bridgehead atoms. The van der Waals surface area contributed by atoms with Crippen molar-refractivity contribution in [2.45, 2.75) is 30.3 Å². The van der Waals surface area contributed by atoms with E-state index in [1.807, 2.05) is 0 Å². The molecule has 21 heavy (non-hydrogen) atoms. The predicted molar refractivity (Wildman–Crippen MR) is 72.6 cm³/mol. The molecule has 1 fully saturated rings. The van der Waals surface area contributed by atoms with Crippen molar-refractivity contribution in [3.63, 3.8) is 0 Å². The number of aliphatic imine (C=N–C) groups is 4. The maximum absolute atomic E-state index is 8.93. The van der Waals surface area contributed by atoms with Gasteiger partial charge in [-0.1, -0.05) is 0 Å². The fraction of sp³-hybridized carbons (Fsp3) is 0.636. The van der Waals surface area contributed by atoms with Crippen LogP contribution in [0.5, 0.6) is 0 Å². The average molecular weight is 300 g/mol. The minimum Gasteiger partial charge on any atom is -0.394 e. The van der Waals surface area contributed by atoms with Crippen molar-refractivity contribution in [3.05, 3.63) is 0 Å². The summed E-state index contributed by atoms with van der Waals surface area (Å²) >= 11 is 0. The van der Waals surface area contributed by atoms with Gasteiger partial charge in [0.05, 0.1) is 12.8 Å². The van der Waals surface area contributed by atoms with E-state index in [0.29, 0.717) is 5.84 Å². The van der Waals surface area contributed by atoms with Gasteiger partial charge in [0.1, 0.15) is 31.0 Å². The monoisotopic (exact) mass is 300 g/mol. The van der Waals surface area contributed by atoms with Crippen LogP contribution in [-0.4, -0.2) is 89.2 Å². The SMILES string of the molecule is COC12C=NC=NC1=NC=N2.OC[C@H]1OC(O)[C@@H](O)[C@@H]1O. The summed E-state index contributed by atoms with van der Waals surface area (Å²) in [6.45, 7) is -0.407. The lowest BCUT2D eigenvalue weighted by Gasteiger charge is -2.19. The Balaban J connectivity index is 0.000000155.